The highest BCUT2D eigenvalue weighted by Crippen LogP contribution is 2.42. The van der Waals surface area contributed by atoms with Gasteiger partial charge in [0.1, 0.15) is 17.6 Å². The van der Waals surface area contributed by atoms with Crippen molar-refractivity contribution in [3.05, 3.63) is 108 Å². The van der Waals surface area contributed by atoms with E-state index in [4.69, 9.17) is 16.6 Å². The molecule has 0 aliphatic carbocycles. The zero-order valence-corrected chi connectivity index (χ0v) is 19.0. The molecule has 3 N–H and O–H groups in total. The zero-order valence-electron chi connectivity index (χ0n) is 18.2. The number of furan rings is 1. The third-order valence-corrected chi connectivity index (χ3v) is 6.08. The van der Waals surface area contributed by atoms with Crippen LogP contribution in [-0.4, -0.2) is 32.2 Å². The summed E-state index contributed by atoms with van der Waals surface area (Å²) in [6.45, 7) is 0. The van der Waals surface area contributed by atoms with Crippen molar-refractivity contribution < 1.29 is 24.2 Å². The number of pyridine rings is 1. The van der Waals surface area contributed by atoms with Crippen LogP contribution in [0, 0.1) is 0 Å². The van der Waals surface area contributed by atoms with E-state index in [1.807, 2.05) is 53.4 Å². The molecule has 4 aromatic rings. The summed E-state index contributed by atoms with van der Waals surface area (Å²) in [5.41, 5.74) is 1.71. The molecule has 0 unspecified atom stereocenters. The molecule has 3 heterocycles. The van der Waals surface area contributed by atoms with Gasteiger partial charge in [-0.25, -0.2) is 9.59 Å². The minimum Gasteiger partial charge on any atom is -0.478 e. The van der Waals surface area contributed by atoms with Gasteiger partial charge in [0.2, 0.25) is 0 Å². The summed E-state index contributed by atoms with van der Waals surface area (Å²) in [6, 6.07) is 21.9. The molecule has 35 heavy (non-hydrogen) atoms. The number of aromatic nitrogens is 1. The molecule has 5 rings (SSSR count). The Labute approximate surface area is 205 Å². The first-order chi connectivity index (χ1) is 16.9. The predicted molar refractivity (Wildman–Crippen MR) is 132 cm³/mol. The SMILES string of the molecule is O=C(O)c1cc(C(=O)O)cc(-c2ccc([C@@H]3[C@@H](c4ccccn4)NC(=S)N3c3ccccc3)o2)c1. The maximum absolute atomic E-state index is 11.5. The van der Waals surface area contributed by atoms with Crippen LogP contribution in [-0.2, 0) is 0 Å². The molecule has 1 saturated heterocycles. The number of carboxylic acid groups (broad SMARTS) is 2. The summed E-state index contributed by atoms with van der Waals surface area (Å²) in [6.07, 6.45) is 1.71. The lowest BCUT2D eigenvalue weighted by atomic mass is 10.0. The van der Waals surface area contributed by atoms with Gasteiger partial charge in [0.25, 0.3) is 0 Å². The van der Waals surface area contributed by atoms with Crippen LogP contribution in [0.2, 0.25) is 0 Å². The number of nitrogens with one attached hydrogen (secondary N) is 1. The quantitative estimate of drug-likeness (QED) is 0.327. The average molecular weight is 486 g/mol. The first-order valence-corrected chi connectivity index (χ1v) is 11.1. The summed E-state index contributed by atoms with van der Waals surface area (Å²) in [5.74, 6) is -1.55. The van der Waals surface area contributed by atoms with E-state index < -0.39 is 18.0 Å². The van der Waals surface area contributed by atoms with Crippen LogP contribution in [0.15, 0.2) is 89.5 Å². The van der Waals surface area contributed by atoms with Crippen molar-refractivity contribution in [3.8, 4) is 11.3 Å². The van der Waals surface area contributed by atoms with Crippen molar-refractivity contribution in [2.75, 3.05) is 4.90 Å². The molecule has 174 valence electrons. The minimum atomic E-state index is -1.23. The van der Waals surface area contributed by atoms with Crippen molar-refractivity contribution in [3.63, 3.8) is 0 Å². The number of thiocarbonyl (C=S) groups is 1. The van der Waals surface area contributed by atoms with Crippen molar-refractivity contribution in [1.29, 1.82) is 0 Å². The maximum atomic E-state index is 11.5. The third kappa shape index (κ3) is 4.24. The Balaban J connectivity index is 1.61. The van der Waals surface area contributed by atoms with E-state index in [0.29, 0.717) is 22.2 Å². The number of carbonyl (C=O) groups is 2. The van der Waals surface area contributed by atoms with E-state index in [2.05, 4.69) is 10.3 Å². The van der Waals surface area contributed by atoms with Gasteiger partial charge in [-0.15, -0.1) is 0 Å². The highest BCUT2D eigenvalue weighted by atomic mass is 32.1. The Morgan fingerprint density at radius 2 is 1.60 bits per heavy atom. The number of para-hydroxylation sites is 1. The average Bonchev–Trinajstić information content (AvgIpc) is 3.49. The molecule has 2 aromatic carbocycles. The molecule has 0 amide bonds. The highest BCUT2D eigenvalue weighted by molar-refractivity contribution is 7.80. The van der Waals surface area contributed by atoms with Gasteiger partial charge in [-0.1, -0.05) is 24.3 Å². The Morgan fingerprint density at radius 3 is 2.23 bits per heavy atom. The van der Waals surface area contributed by atoms with Crippen LogP contribution in [0.3, 0.4) is 0 Å². The van der Waals surface area contributed by atoms with Gasteiger partial charge in [0.05, 0.1) is 22.9 Å². The number of benzene rings is 2. The first kappa shape index (κ1) is 22.3. The Hall–Kier alpha value is -4.50. The van der Waals surface area contributed by atoms with Gasteiger partial charge in [-0.05, 0) is 66.8 Å². The number of anilines is 1. The molecule has 0 bridgehead atoms. The normalized spacial score (nSPS) is 17.3. The number of nitrogens with zero attached hydrogens (tertiary/aromatic N) is 2. The van der Waals surface area contributed by atoms with Crippen molar-refractivity contribution in [1.82, 2.24) is 10.3 Å². The lowest BCUT2D eigenvalue weighted by Crippen LogP contribution is -2.29. The van der Waals surface area contributed by atoms with Crippen LogP contribution in [0.5, 0.6) is 0 Å². The number of hydrogen-bond donors (Lipinski definition) is 3. The number of hydrogen-bond acceptors (Lipinski definition) is 5. The highest BCUT2D eigenvalue weighted by Gasteiger charge is 2.42. The maximum Gasteiger partial charge on any atom is 0.335 e. The van der Waals surface area contributed by atoms with Gasteiger partial charge < -0.3 is 24.8 Å². The molecule has 0 spiro atoms. The van der Waals surface area contributed by atoms with E-state index in [1.54, 1.807) is 18.3 Å². The van der Waals surface area contributed by atoms with E-state index in [-0.39, 0.29) is 17.2 Å². The zero-order chi connectivity index (χ0) is 24.5. The smallest absolute Gasteiger partial charge is 0.335 e. The number of rotatable bonds is 6. The lowest BCUT2D eigenvalue weighted by molar-refractivity contribution is 0.0696. The van der Waals surface area contributed by atoms with E-state index in [0.717, 1.165) is 17.4 Å². The summed E-state index contributed by atoms with van der Waals surface area (Å²) in [7, 11) is 0. The second kappa shape index (κ2) is 9.03. The fraction of sp³-hybridized carbons (Fsp3) is 0.0769. The summed E-state index contributed by atoms with van der Waals surface area (Å²) < 4.78 is 6.22. The van der Waals surface area contributed by atoms with Crippen molar-refractivity contribution >= 4 is 35.0 Å². The molecule has 9 heteroatoms. The number of aromatic carboxylic acids is 2. The minimum absolute atomic E-state index is 0.140. The van der Waals surface area contributed by atoms with Crippen LogP contribution in [0.25, 0.3) is 11.3 Å². The fourth-order valence-corrected chi connectivity index (χ4v) is 4.54. The second-order valence-electron chi connectivity index (χ2n) is 7.94. The molecule has 1 aliphatic heterocycles. The molecule has 0 saturated carbocycles. The first-order valence-electron chi connectivity index (χ1n) is 10.7. The van der Waals surface area contributed by atoms with Gasteiger partial charge in [-0.3, -0.25) is 4.98 Å². The molecule has 8 nitrogen and oxygen atoms in total. The summed E-state index contributed by atoms with van der Waals surface area (Å²) >= 11 is 5.68. The largest absolute Gasteiger partial charge is 0.478 e. The molecule has 1 aliphatic rings. The van der Waals surface area contributed by atoms with Gasteiger partial charge in [0, 0.05) is 17.4 Å². The van der Waals surface area contributed by atoms with Crippen LogP contribution in [0.1, 0.15) is 44.3 Å². The van der Waals surface area contributed by atoms with Crippen LogP contribution >= 0.6 is 12.2 Å². The van der Waals surface area contributed by atoms with Crippen molar-refractivity contribution in [2.24, 2.45) is 0 Å². The fourth-order valence-electron chi connectivity index (χ4n) is 4.19. The molecule has 2 aromatic heterocycles. The van der Waals surface area contributed by atoms with E-state index in [1.165, 1.54) is 12.1 Å². The lowest BCUT2D eigenvalue weighted by Gasteiger charge is -2.26. The van der Waals surface area contributed by atoms with E-state index in [9.17, 15) is 19.8 Å². The molecule has 1 fully saturated rings. The second-order valence-corrected chi connectivity index (χ2v) is 8.33. The monoisotopic (exact) mass is 485 g/mol. The standard InChI is InChI=1S/C26H19N3O5S/c30-24(31)16-12-15(13-17(14-16)25(32)33)20-9-10-21(34-20)23-22(19-8-4-5-11-27-19)28-26(35)29(23)18-6-2-1-3-7-18/h1-14,22-23H,(H,28,35)(H,30,31)(H,32,33)/t22-,23-/m1/s1. The Kier molecular flexibility index (Phi) is 5.76. The van der Waals surface area contributed by atoms with Crippen LogP contribution in [0.4, 0.5) is 5.69 Å². The Morgan fingerprint density at radius 1 is 0.914 bits per heavy atom. The molecular formula is C26H19N3O5S. The van der Waals surface area contributed by atoms with Gasteiger partial charge in [0.15, 0.2) is 5.11 Å². The molecule has 0 radical (unpaired) electrons. The summed E-state index contributed by atoms with van der Waals surface area (Å²) in [5, 5.41) is 22.7. The molecular weight excluding hydrogens is 466 g/mol. The van der Waals surface area contributed by atoms with Crippen LogP contribution < -0.4 is 10.2 Å². The van der Waals surface area contributed by atoms with Gasteiger partial charge in [-0.2, -0.15) is 0 Å². The Bertz CT molecular complexity index is 1390. The molecule has 2 atom stereocenters. The van der Waals surface area contributed by atoms with Crippen molar-refractivity contribution in [2.45, 2.75) is 12.1 Å². The predicted octanol–water partition coefficient (Wildman–Crippen LogP) is 4.92. The van der Waals surface area contributed by atoms with Gasteiger partial charge >= 0.3 is 11.9 Å². The number of carboxylic acids is 2. The van der Waals surface area contributed by atoms with E-state index >= 15 is 0 Å². The third-order valence-electron chi connectivity index (χ3n) is 5.76. The topological polar surface area (TPSA) is 116 Å². The summed E-state index contributed by atoms with van der Waals surface area (Å²) in [4.78, 5) is 29.6.